The van der Waals surface area contributed by atoms with Gasteiger partial charge in [-0.05, 0) is 38.2 Å². The van der Waals surface area contributed by atoms with Crippen molar-refractivity contribution in [3.8, 4) is 0 Å². The number of thiophene rings is 1. The fraction of sp³-hybridized carbons (Fsp3) is 0.625. The fourth-order valence-corrected chi connectivity index (χ4v) is 4.40. The Labute approximate surface area is 144 Å². The summed E-state index contributed by atoms with van der Waals surface area (Å²) >= 11 is 1.40. The van der Waals surface area contributed by atoms with Gasteiger partial charge in [0.1, 0.15) is 11.2 Å². The second-order valence-corrected chi connectivity index (χ2v) is 6.99. The Bertz CT molecular complexity index is 624. The Morgan fingerprint density at radius 2 is 2.29 bits per heavy atom. The van der Waals surface area contributed by atoms with Crippen LogP contribution in [0.5, 0.6) is 0 Å². The van der Waals surface area contributed by atoms with Crippen LogP contribution in [0.3, 0.4) is 0 Å². The first-order chi connectivity index (χ1) is 11.6. The second kappa shape index (κ2) is 7.40. The maximum Gasteiger partial charge on any atom is 0.410 e. The number of rotatable bonds is 4. The number of nitrogens with one attached hydrogen (secondary N) is 1. The van der Waals surface area contributed by atoms with Gasteiger partial charge in [-0.25, -0.2) is 9.59 Å². The molecule has 1 atom stereocenters. The zero-order valence-corrected chi connectivity index (χ0v) is 14.5. The van der Waals surface area contributed by atoms with Crippen molar-refractivity contribution >= 4 is 28.4 Å². The number of anilines is 1. The number of carbonyl (C=O) groups excluding carboxylic acids is 1. The van der Waals surface area contributed by atoms with Gasteiger partial charge in [-0.3, -0.25) is 0 Å². The molecule has 0 aliphatic carbocycles. The molecule has 0 aromatic carbocycles. The standard InChI is InChI=1S/C16H22N2O5S/c1-2-22-16(21)18-7-6-10-11(9-18)24-14(13(10)15(19)20)17-12-5-3-4-8-23-12/h12,17H,2-9H2,1H3,(H,19,20). The molecular weight excluding hydrogens is 332 g/mol. The summed E-state index contributed by atoms with van der Waals surface area (Å²) in [5.74, 6) is -0.935. The van der Waals surface area contributed by atoms with Crippen LogP contribution in [-0.4, -0.2) is 48.1 Å². The van der Waals surface area contributed by atoms with Gasteiger partial charge in [0.05, 0.1) is 18.7 Å². The number of amides is 1. The molecule has 3 heterocycles. The van der Waals surface area contributed by atoms with Crippen LogP contribution >= 0.6 is 11.3 Å². The summed E-state index contributed by atoms with van der Waals surface area (Å²) in [5, 5.41) is 13.5. The predicted molar refractivity (Wildman–Crippen MR) is 89.6 cm³/mol. The minimum Gasteiger partial charge on any atom is -0.478 e. The van der Waals surface area contributed by atoms with Crippen LogP contribution in [0.1, 0.15) is 47.0 Å². The van der Waals surface area contributed by atoms with Crippen molar-refractivity contribution in [3.63, 3.8) is 0 Å². The number of aromatic carboxylic acids is 1. The summed E-state index contributed by atoms with van der Waals surface area (Å²) in [6, 6.07) is 0. The van der Waals surface area contributed by atoms with Crippen LogP contribution in [0.4, 0.5) is 9.80 Å². The maximum atomic E-state index is 11.9. The van der Waals surface area contributed by atoms with Crippen LogP contribution in [0, 0.1) is 0 Å². The second-order valence-electron chi connectivity index (χ2n) is 5.88. The Balaban J connectivity index is 1.81. The highest BCUT2D eigenvalue weighted by molar-refractivity contribution is 7.16. The van der Waals surface area contributed by atoms with Crippen molar-refractivity contribution in [2.24, 2.45) is 0 Å². The van der Waals surface area contributed by atoms with Crippen LogP contribution < -0.4 is 5.32 Å². The summed E-state index contributed by atoms with van der Waals surface area (Å²) in [6.07, 6.45) is 3.02. The molecule has 132 valence electrons. The Hall–Kier alpha value is -1.80. The molecule has 3 rings (SSSR count). The summed E-state index contributed by atoms with van der Waals surface area (Å²) in [7, 11) is 0. The highest BCUT2D eigenvalue weighted by atomic mass is 32.1. The van der Waals surface area contributed by atoms with E-state index in [1.807, 2.05) is 0 Å². The van der Waals surface area contributed by atoms with E-state index >= 15 is 0 Å². The molecule has 2 aliphatic rings. The normalized spacial score (nSPS) is 20.4. The van der Waals surface area contributed by atoms with Crippen molar-refractivity contribution in [2.75, 3.05) is 25.1 Å². The first kappa shape index (κ1) is 17.0. The van der Waals surface area contributed by atoms with Gasteiger partial charge in [-0.2, -0.15) is 0 Å². The molecule has 1 aromatic rings. The lowest BCUT2D eigenvalue weighted by atomic mass is 10.0. The largest absolute Gasteiger partial charge is 0.478 e. The molecule has 0 spiro atoms. The molecular formula is C16H22N2O5S. The number of carboxylic acid groups (broad SMARTS) is 1. The Kier molecular flexibility index (Phi) is 5.25. The number of fused-ring (bicyclic) bond motifs is 1. The van der Waals surface area contributed by atoms with Crippen molar-refractivity contribution < 1.29 is 24.2 Å². The highest BCUT2D eigenvalue weighted by Crippen LogP contribution is 2.38. The number of ether oxygens (including phenoxy) is 2. The van der Waals surface area contributed by atoms with Crippen molar-refractivity contribution in [3.05, 3.63) is 16.0 Å². The molecule has 1 aromatic heterocycles. The molecule has 24 heavy (non-hydrogen) atoms. The Morgan fingerprint density at radius 1 is 1.46 bits per heavy atom. The average molecular weight is 354 g/mol. The third-order valence-electron chi connectivity index (χ3n) is 4.27. The van der Waals surface area contributed by atoms with Crippen LogP contribution in [0.25, 0.3) is 0 Å². The molecule has 1 fully saturated rings. The zero-order valence-electron chi connectivity index (χ0n) is 13.7. The van der Waals surface area contributed by atoms with Gasteiger partial charge < -0.3 is 24.8 Å². The molecule has 0 saturated carbocycles. The number of nitrogens with zero attached hydrogens (tertiary/aromatic N) is 1. The molecule has 1 saturated heterocycles. The van der Waals surface area contributed by atoms with Crippen molar-refractivity contribution in [1.29, 1.82) is 0 Å². The van der Waals surface area contributed by atoms with Gasteiger partial charge in [0.25, 0.3) is 0 Å². The van der Waals surface area contributed by atoms with Crippen molar-refractivity contribution in [2.45, 2.75) is 45.4 Å². The molecule has 8 heteroatoms. The highest BCUT2D eigenvalue weighted by Gasteiger charge is 2.31. The lowest BCUT2D eigenvalue weighted by molar-refractivity contribution is 0.0344. The van der Waals surface area contributed by atoms with Gasteiger partial charge >= 0.3 is 12.1 Å². The Morgan fingerprint density at radius 3 is 2.96 bits per heavy atom. The third kappa shape index (κ3) is 3.49. The smallest absolute Gasteiger partial charge is 0.410 e. The van der Waals surface area contributed by atoms with Gasteiger partial charge in [-0.1, -0.05) is 0 Å². The average Bonchev–Trinajstić information content (AvgIpc) is 2.93. The molecule has 0 bridgehead atoms. The van der Waals surface area contributed by atoms with Gasteiger partial charge in [-0.15, -0.1) is 11.3 Å². The quantitative estimate of drug-likeness (QED) is 0.864. The first-order valence-electron chi connectivity index (χ1n) is 8.27. The molecule has 1 unspecified atom stereocenters. The number of hydrogen-bond acceptors (Lipinski definition) is 6. The van der Waals surface area contributed by atoms with Gasteiger partial charge in [0.2, 0.25) is 0 Å². The minimum atomic E-state index is -0.935. The molecule has 1 amide bonds. The van der Waals surface area contributed by atoms with E-state index in [0.29, 0.717) is 43.3 Å². The lowest BCUT2D eigenvalue weighted by Crippen LogP contribution is -2.36. The predicted octanol–water partition coefficient (Wildman–Crippen LogP) is 2.90. The maximum absolute atomic E-state index is 11.9. The molecule has 7 nitrogen and oxygen atoms in total. The molecule has 0 radical (unpaired) electrons. The van der Waals surface area contributed by atoms with E-state index in [1.54, 1.807) is 11.8 Å². The molecule has 2 aliphatic heterocycles. The van der Waals surface area contributed by atoms with Crippen LogP contribution in [-0.2, 0) is 22.4 Å². The summed E-state index contributed by atoms with van der Waals surface area (Å²) in [4.78, 5) is 26.2. The first-order valence-corrected chi connectivity index (χ1v) is 9.09. The van der Waals surface area contributed by atoms with Crippen LogP contribution in [0.15, 0.2) is 0 Å². The monoisotopic (exact) mass is 354 g/mol. The number of carbonyl (C=O) groups is 2. The van der Waals surface area contributed by atoms with E-state index in [4.69, 9.17) is 9.47 Å². The van der Waals surface area contributed by atoms with Gasteiger partial charge in [0.15, 0.2) is 0 Å². The summed E-state index contributed by atoms with van der Waals surface area (Å²) in [5.41, 5.74) is 1.15. The van der Waals surface area contributed by atoms with Crippen molar-refractivity contribution in [1.82, 2.24) is 4.90 Å². The van der Waals surface area contributed by atoms with E-state index in [9.17, 15) is 14.7 Å². The topological polar surface area (TPSA) is 88.1 Å². The minimum absolute atomic E-state index is 0.141. The lowest BCUT2D eigenvalue weighted by Gasteiger charge is -2.26. The van der Waals surface area contributed by atoms with E-state index in [0.717, 1.165) is 29.7 Å². The van der Waals surface area contributed by atoms with Gasteiger partial charge in [0, 0.05) is 18.0 Å². The number of hydrogen-bond donors (Lipinski definition) is 2. The van der Waals surface area contributed by atoms with Crippen LogP contribution in [0.2, 0.25) is 0 Å². The van der Waals surface area contributed by atoms with E-state index in [1.165, 1.54) is 11.3 Å². The third-order valence-corrected chi connectivity index (χ3v) is 5.42. The van der Waals surface area contributed by atoms with E-state index in [2.05, 4.69) is 5.32 Å². The molecule has 2 N–H and O–H groups in total. The van der Waals surface area contributed by atoms with E-state index in [-0.39, 0.29) is 12.3 Å². The zero-order chi connectivity index (χ0) is 17.1. The fourth-order valence-electron chi connectivity index (χ4n) is 3.10. The number of carboxylic acids is 1. The van der Waals surface area contributed by atoms with E-state index < -0.39 is 5.97 Å². The summed E-state index contributed by atoms with van der Waals surface area (Å²) < 4.78 is 10.7. The summed E-state index contributed by atoms with van der Waals surface area (Å²) in [6.45, 7) is 3.67. The SMILES string of the molecule is CCOC(=O)N1CCc2c(sc(NC3CCCCO3)c2C(=O)O)C1.